The van der Waals surface area contributed by atoms with Crippen LogP contribution in [0.1, 0.15) is 22.3 Å². The minimum atomic E-state index is 0.922. The van der Waals surface area contributed by atoms with Crippen LogP contribution in [0.15, 0.2) is 12.3 Å². The Hall–Kier alpha value is -1.77. The van der Waals surface area contributed by atoms with Crippen LogP contribution in [-0.2, 0) is 6.42 Å². The second-order valence-electron chi connectivity index (χ2n) is 4.32. The molecule has 1 aliphatic rings. The first-order valence-corrected chi connectivity index (χ1v) is 5.42. The third-order valence-corrected chi connectivity index (χ3v) is 3.47. The molecule has 0 atom stereocenters. The van der Waals surface area contributed by atoms with Crippen LogP contribution >= 0.6 is 0 Å². The van der Waals surface area contributed by atoms with E-state index >= 15 is 0 Å². The van der Waals surface area contributed by atoms with Gasteiger partial charge in [0.2, 0.25) is 0 Å². The molecule has 3 rings (SSSR count). The fraction of sp³-hybridized carbons (Fsp3) is 0.308. The zero-order valence-corrected chi connectivity index (χ0v) is 9.72. The normalized spacial score (nSPS) is 12.4. The predicted octanol–water partition coefficient (Wildman–Crippen LogP) is 2.61. The van der Waals surface area contributed by atoms with E-state index in [1.807, 2.05) is 6.20 Å². The van der Waals surface area contributed by atoms with E-state index in [4.69, 9.17) is 4.74 Å². The standard InChI is InChI=1S/C13H14N2O/c1-7-4-11(16-3)10-5-9-6-14-15-13(9)12(10)8(7)2/h4,6H,5H2,1-3H3,(H,14,15). The van der Waals surface area contributed by atoms with Crippen LogP contribution in [0, 0.1) is 13.8 Å². The van der Waals surface area contributed by atoms with Crippen LogP contribution in [-0.4, -0.2) is 17.3 Å². The SMILES string of the molecule is COc1cc(C)c(C)c2c1Cc1cn[nH]c1-2. The van der Waals surface area contributed by atoms with Crippen molar-refractivity contribution in [1.29, 1.82) is 0 Å². The van der Waals surface area contributed by atoms with E-state index in [1.165, 1.54) is 27.8 Å². The number of nitrogens with one attached hydrogen (secondary N) is 1. The maximum Gasteiger partial charge on any atom is 0.123 e. The Bertz CT molecular complexity index is 570. The molecule has 0 unspecified atom stereocenters. The lowest BCUT2D eigenvalue weighted by atomic mass is 9.98. The summed E-state index contributed by atoms with van der Waals surface area (Å²) in [4.78, 5) is 0. The lowest BCUT2D eigenvalue weighted by molar-refractivity contribution is 0.410. The molecule has 1 N–H and O–H groups in total. The lowest BCUT2D eigenvalue weighted by Gasteiger charge is -2.12. The van der Waals surface area contributed by atoms with Gasteiger partial charge in [0, 0.05) is 23.1 Å². The smallest absolute Gasteiger partial charge is 0.123 e. The first-order valence-electron chi connectivity index (χ1n) is 5.42. The molecular weight excluding hydrogens is 200 g/mol. The molecule has 1 aromatic carbocycles. The van der Waals surface area contributed by atoms with Gasteiger partial charge in [-0.3, -0.25) is 5.10 Å². The van der Waals surface area contributed by atoms with Crippen LogP contribution < -0.4 is 4.74 Å². The minimum absolute atomic E-state index is 0.922. The number of rotatable bonds is 1. The van der Waals surface area contributed by atoms with Crippen molar-refractivity contribution in [2.45, 2.75) is 20.3 Å². The Kier molecular flexibility index (Phi) is 1.84. The number of benzene rings is 1. The maximum atomic E-state index is 5.46. The Labute approximate surface area is 94.5 Å². The van der Waals surface area contributed by atoms with E-state index < -0.39 is 0 Å². The van der Waals surface area contributed by atoms with Crippen molar-refractivity contribution in [3.63, 3.8) is 0 Å². The van der Waals surface area contributed by atoms with Crippen molar-refractivity contribution in [3.8, 4) is 17.0 Å². The van der Waals surface area contributed by atoms with E-state index in [0.717, 1.165) is 17.9 Å². The number of aryl methyl sites for hydroxylation is 1. The molecular formula is C13H14N2O. The first-order chi connectivity index (χ1) is 7.72. The molecule has 2 aromatic rings. The van der Waals surface area contributed by atoms with Gasteiger partial charge in [-0.25, -0.2) is 0 Å². The van der Waals surface area contributed by atoms with Gasteiger partial charge in [0.15, 0.2) is 0 Å². The summed E-state index contributed by atoms with van der Waals surface area (Å²) in [6, 6.07) is 2.12. The molecule has 0 spiro atoms. The summed E-state index contributed by atoms with van der Waals surface area (Å²) in [5.74, 6) is 0.989. The Balaban J connectivity index is 2.35. The molecule has 82 valence electrons. The van der Waals surface area contributed by atoms with Gasteiger partial charge in [0.1, 0.15) is 5.75 Å². The molecule has 0 bridgehead atoms. The van der Waals surface area contributed by atoms with Crippen LogP contribution in [0.5, 0.6) is 5.75 Å². The fourth-order valence-electron chi connectivity index (χ4n) is 2.49. The molecule has 0 radical (unpaired) electrons. The second kappa shape index (κ2) is 3.11. The number of H-pyrrole nitrogens is 1. The molecule has 1 heterocycles. The van der Waals surface area contributed by atoms with Crippen LogP contribution in [0.2, 0.25) is 0 Å². The number of aromatic nitrogens is 2. The molecule has 16 heavy (non-hydrogen) atoms. The maximum absolute atomic E-state index is 5.46. The average molecular weight is 214 g/mol. The molecule has 0 aliphatic heterocycles. The predicted molar refractivity (Wildman–Crippen MR) is 62.9 cm³/mol. The Morgan fingerprint density at radius 3 is 2.94 bits per heavy atom. The Morgan fingerprint density at radius 2 is 2.19 bits per heavy atom. The summed E-state index contributed by atoms with van der Waals surface area (Å²) in [6.45, 7) is 4.27. The number of aromatic amines is 1. The van der Waals surface area contributed by atoms with Gasteiger partial charge in [-0.15, -0.1) is 0 Å². The van der Waals surface area contributed by atoms with Crippen LogP contribution in [0.4, 0.5) is 0 Å². The summed E-state index contributed by atoms with van der Waals surface area (Å²) in [7, 11) is 1.73. The molecule has 0 amide bonds. The molecule has 0 fully saturated rings. The number of hydrogen-bond acceptors (Lipinski definition) is 2. The quantitative estimate of drug-likeness (QED) is 0.676. The highest BCUT2D eigenvalue weighted by atomic mass is 16.5. The highest BCUT2D eigenvalue weighted by Gasteiger charge is 2.26. The number of ether oxygens (including phenoxy) is 1. The van der Waals surface area contributed by atoms with Crippen molar-refractivity contribution < 1.29 is 4.74 Å². The second-order valence-corrected chi connectivity index (χ2v) is 4.32. The van der Waals surface area contributed by atoms with E-state index in [-0.39, 0.29) is 0 Å². The molecule has 0 saturated heterocycles. The van der Waals surface area contributed by atoms with Gasteiger partial charge < -0.3 is 4.74 Å². The average Bonchev–Trinajstić information content (AvgIpc) is 2.82. The molecule has 3 nitrogen and oxygen atoms in total. The van der Waals surface area contributed by atoms with Crippen LogP contribution in [0.3, 0.4) is 0 Å². The van der Waals surface area contributed by atoms with Gasteiger partial charge in [0.05, 0.1) is 19.0 Å². The highest BCUT2D eigenvalue weighted by molar-refractivity contribution is 5.79. The zero-order valence-electron chi connectivity index (χ0n) is 9.72. The van der Waals surface area contributed by atoms with Crippen molar-refractivity contribution in [3.05, 3.63) is 34.5 Å². The van der Waals surface area contributed by atoms with E-state index in [9.17, 15) is 0 Å². The first kappa shape index (κ1) is 9.46. The topological polar surface area (TPSA) is 37.9 Å². The Morgan fingerprint density at radius 1 is 1.38 bits per heavy atom. The van der Waals surface area contributed by atoms with Crippen molar-refractivity contribution in [2.24, 2.45) is 0 Å². The number of nitrogens with zero attached hydrogens (tertiary/aromatic N) is 1. The minimum Gasteiger partial charge on any atom is -0.496 e. The van der Waals surface area contributed by atoms with E-state index in [0.29, 0.717) is 0 Å². The van der Waals surface area contributed by atoms with Gasteiger partial charge in [-0.1, -0.05) is 0 Å². The number of fused-ring (bicyclic) bond motifs is 3. The summed E-state index contributed by atoms with van der Waals surface area (Å²) in [5, 5.41) is 7.19. The molecule has 1 aromatic heterocycles. The fourth-order valence-corrected chi connectivity index (χ4v) is 2.49. The zero-order chi connectivity index (χ0) is 11.3. The number of hydrogen-bond donors (Lipinski definition) is 1. The van der Waals surface area contributed by atoms with Gasteiger partial charge >= 0.3 is 0 Å². The molecule has 3 heteroatoms. The molecule has 0 saturated carbocycles. The summed E-state index contributed by atoms with van der Waals surface area (Å²) in [6.07, 6.45) is 2.83. The number of methoxy groups -OCH3 is 1. The highest BCUT2D eigenvalue weighted by Crippen LogP contribution is 2.43. The van der Waals surface area contributed by atoms with Crippen LogP contribution in [0.25, 0.3) is 11.3 Å². The third kappa shape index (κ3) is 1.06. The van der Waals surface area contributed by atoms with Gasteiger partial charge in [-0.05, 0) is 31.0 Å². The summed E-state index contributed by atoms with van der Waals surface area (Å²) >= 11 is 0. The molecule has 1 aliphatic carbocycles. The summed E-state index contributed by atoms with van der Waals surface area (Å²) < 4.78 is 5.46. The van der Waals surface area contributed by atoms with Gasteiger partial charge in [-0.2, -0.15) is 5.10 Å². The summed E-state index contributed by atoms with van der Waals surface area (Å²) in [5.41, 5.74) is 7.58. The van der Waals surface area contributed by atoms with E-state index in [2.05, 4.69) is 30.1 Å². The largest absolute Gasteiger partial charge is 0.496 e. The van der Waals surface area contributed by atoms with Crippen molar-refractivity contribution in [2.75, 3.05) is 7.11 Å². The lowest BCUT2D eigenvalue weighted by Crippen LogP contribution is -1.95. The van der Waals surface area contributed by atoms with Gasteiger partial charge in [0.25, 0.3) is 0 Å². The van der Waals surface area contributed by atoms with Crippen molar-refractivity contribution >= 4 is 0 Å². The van der Waals surface area contributed by atoms with E-state index in [1.54, 1.807) is 7.11 Å². The monoisotopic (exact) mass is 214 g/mol. The van der Waals surface area contributed by atoms with Crippen molar-refractivity contribution in [1.82, 2.24) is 10.2 Å². The third-order valence-electron chi connectivity index (χ3n) is 3.47.